The number of carbonyl (C=O) groups excluding carboxylic acids is 1. The number of benzene rings is 3. The van der Waals surface area contributed by atoms with Crippen LogP contribution in [0.4, 0.5) is 0 Å². The lowest BCUT2D eigenvalue weighted by Crippen LogP contribution is -2.26. The maximum absolute atomic E-state index is 12.6. The molecule has 4 rings (SSSR count). The molecule has 128 valence electrons. The molecule has 0 bridgehead atoms. The molecule has 3 aromatic carbocycles. The SMILES string of the molecule is CC(NC(=O)c1ccc2ccccc2c1)c1ccc(-n2ccnc2)cc1. The summed E-state index contributed by atoms with van der Waals surface area (Å²) in [5.74, 6) is -0.0676. The van der Waals surface area contributed by atoms with Crippen LogP contribution in [-0.2, 0) is 0 Å². The Bertz CT molecular complexity index is 1040. The molecule has 1 N–H and O–H groups in total. The van der Waals surface area contributed by atoms with E-state index in [1.807, 2.05) is 84.4 Å². The van der Waals surface area contributed by atoms with Crippen molar-refractivity contribution in [2.24, 2.45) is 0 Å². The van der Waals surface area contributed by atoms with Crippen molar-refractivity contribution in [2.75, 3.05) is 0 Å². The van der Waals surface area contributed by atoms with Crippen molar-refractivity contribution in [3.05, 3.63) is 96.6 Å². The maximum Gasteiger partial charge on any atom is 0.251 e. The summed E-state index contributed by atoms with van der Waals surface area (Å²) in [5.41, 5.74) is 2.77. The van der Waals surface area contributed by atoms with E-state index in [1.165, 1.54) is 0 Å². The number of fused-ring (bicyclic) bond motifs is 1. The maximum atomic E-state index is 12.6. The third-order valence-electron chi connectivity index (χ3n) is 4.55. The number of carbonyl (C=O) groups is 1. The topological polar surface area (TPSA) is 46.9 Å². The average Bonchev–Trinajstić information content (AvgIpc) is 3.22. The van der Waals surface area contributed by atoms with Crippen LogP contribution in [0.25, 0.3) is 16.5 Å². The fraction of sp³-hybridized carbons (Fsp3) is 0.0909. The highest BCUT2D eigenvalue weighted by atomic mass is 16.1. The zero-order valence-electron chi connectivity index (χ0n) is 14.5. The van der Waals surface area contributed by atoms with Crippen LogP contribution in [0.2, 0.25) is 0 Å². The summed E-state index contributed by atoms with van der Waals surface area (Å²) in [6.07, 6.45) is 5.42. The van der Waals surface area contributed by atoms with Crippen molar-refractivity contribution in [3.8, 4) is 5.69 Å². The van der Waals surface area contributed by atoms with E-state index in [1.54, 1.807) is 12.5 Å². The molecule has 1 amide bonds. The summed E-state index contributed by atoms with van der Waals surface area (Å²) in [7, 11) is 0. The summed E-state index contributed by atoms with van der Waals surface area (Å²) in [6, 6.07) is 21.8. The first kappa shape index (κ1) is 16.1. The van der Waals surface area contributed by atoms with E-state index in [9.17, 15) is 4.79 Å². The number of amides is 1. The predicted molar refractivity (Wildman–Crippen MR) is 103 cm³/mol. The van der Waals surface area contributed by atoms with Gasteiger partial charge in [-0.1, -0.05) is 42.5 Å². The molecule has 1 heterocycles. The van der Waals surface area contributed by atoms with Gasteiger partial charge < -0.3 is 9.88 Å². The number of aromatic nitrogens is 2. The quantitative estimate of drug-likeness (QED) is 0.593. The number of nitrogens with zero attached hydrogens (tertiary/aromatic N) is 2. The predicted octanol–water partition coefficient (Wildman–Crippen LogP) is 4.52. The lowest BCUT2D eigenvalue weighted by Gasteiger charge is -2.15. The molecule has 4 nitrogen and oxygen atoms in total. The van der Waals surface area contributed by atoms with Gasteiger partial charge in [-0.3, -0.25) is 4.79 Å². The molecule has 0 saturated carbocycles. The lowest BCUT2D eigenvalue weighted by atomic mass is 10.0. The molecule has 26 heavy (non-hydrogen) atoms. The van der Waals surface area contributed by atoms with Gasteiger partial charge in [0.15, 0.2) is 0 Å². The highest BCUT2D eigenvalue weighted by Crippen LogP contribution is 2.18. The summed E-state index contributed by atoms with van der Waals surface area (Å²) < 4.78 is 1.95. The molecule has 0 aliphatic carbocycles. The second-order valence-electron chi connectivity index (χ2n) is 6.32. The highest BCUT2D eigenvalue weighted by molar-refractivity contribution is 5.98. The van der Waals surface area contributed by atoms with Crippen molar-refractivity contribution in [3.63, 3.8) is 0 Å². The first-order valence-corrected chi connectivity index (χ1v) is 8.59. The summed E-state index contributed by atoms with van der Waals surface area (Å²) in [5, 5.41) is 5.27. The Balaban J connectivity index is 1.49. The van der Waals surface area contributed by atoms with Gasteiger partial charge in [-0.15, -0.1) is 0 Å². The minimum atomic E-state index is -0.0780. The van der Waals surface area contributed by atoms with Crippen LogP contribution in [0, 0.1) is 0 Å². The average molecular weight is 341 g/mol. The molecule has 0 aliphatic heterocycles. The van der Waals surface area contributed by atoms with Crippen LogP contribution in [-0.4, -0.2) is 15.5 Å². The van der Waals surface area contributed by atoms with Gasteiger partial charge in [0, 0.05) is 23.6 Å². The van der Waals surface area contributed by atoms with E-state index in [0.29, 0.717) is 5.56 Å². The zero-order chi connectivity index (χ0) is 17.9. The van der Waals surface area contributed by atoms with Crippen LogP contribution < -0.4 is 5.32 Å². The first-order valence-electron chi connectivity index (χ1n) is 8.59. The van der Waals surface area contributed by atoms with Gasteiger partial charge in [0.1, 0.15) is 0 Å². The molecule has 0 spiro atoms. The van der Waals surface area contributed by atoms with Gasteiger partial charge in [0.05, 0.1) is 12.4 Å². The van der Waals surface area contributed by atoms with Crippen LogP contribution >= 0.6 is 0 Å². The van der Waals surface area contributed by atoms with Crippen LogP contribution in [0.15, 0.2) is 85.5 Å². The Kier molecular flexibility index (Phi) is 4.23. The second-order valence-corrected chi connectivity index (χ2v) is 6.32. The number of imidazole rings is 1. The number of hydrogen-bond donors (Lipinski definition) is 1. The van der Waals surface area contributed by atoms with Crippen LogP contribution in [0.1, 0.15) is 28.9 Å². The summed E-state index contributed by atoms with van der Waals surface area (Å²) in [6.45, 7) is 1.99. The van der Waals surface area contributed by atoms with Gasteiger partial charge >= 0.3 is 0 Å². The standard InChI is InChI=1S/C22H19N3O/c1-16(17-8-10-21(11-9-17)25-13-12-23-15-25)24-22(26)20-7-6-18-4-2-3-5-19(18)14-20/h2-16H,1H3,(H,24,26). The number of rotatable bonds is 4. The molecule has 1 aromatic heterocycles. The largest absolute Gasteiger partial charge is 0.346 e. The number of hydrogen-bond acceptors (Lipinski definition) is 2. The fourth-order valence-corrected chi connectivity index (χ4v) is 3.04. The molecule has 1 atom stereocenters. The first-order chi connectivity index (χ1) is 12.7. The monoisotopic (exact) mass is 341 g/mol. The van der Waals surface area contributed by atoms with E-state index in [2.05, 4.69) is 10.3 Å². The normalized spacial score (nSPS) is 12.0. The van der Waals surface area contributed by atoms with Gasteiger partial charge in [0.25, 0.3) is 5.91 Å². The fourth-order valence-electron chi connectivity index (χ4n) is 3.04. The van der Waals surface area contributed by atoms with Crippen molar-refractivity contribution >= 4 is 16.7 Å². The van der Waals surface area contributed by atoms with Gasteiger partial charge in [-0.05, 0) is 47.5 Å². The molecule has 0 saturated heterocycles. The van der Waals surface area contributed by atoms with Crippen LogP contribution in [0.5, 0.6) is 0 Å². The molecule has 1 unspecified atom stereocenters. The van der Waals surface area contributed by atoms with E-state index in [0.717, 1.165) is 22.0 Å². The minimum Gasteiger partial charge on any atom is -0.346 e. The van der Waals surface area contributed by atoms with E-state index in [4.69, 9.17) is 0 Å². The summed E-state index contributed by atoms with van der Waals surface area (Å²) in [4.78, 5) is 16.7. The highest BCUT2D eigenvalue weighted by Gasteiger charge is 2.12. The van der Waals surface area contributed by atoms with Crippen LogP contribution in [0.3, 0.4) is 0 Å². The smallest absolute Gasteiger partial charge is 0.251 e. The van der Waals surface area contributed by atoms with E-state index in [-0.39, 0.29) is 11.9 Å². The third kappa shape index (κ3) is 3.22. The van der Waals surface area contributed by atoms with Crippen molar-refractivity contribution in [1.82, 2.24) is 14.9 Å². The van der Waals surface area contributed by atoms with Gasteiger partial charge in [0.2, 0.25) is 0 Å². The zero-order valence-corrected chi connectivity index (χ0v) is 14.5. The van der Waals surface area contributed by atoms with Gasteiger partial charge in [-0.2, -0.15) is 0 Å². The lowest BCUT2D eigenvalue weighted by molar-refractivity contribution is 0.0940. The van der Waals surface area contributed by atoms with Gasteiger partial charge in [-0.25, -0.2) is 4.98 Å². The van der Waals surface area contributed by atoms with Crippen molar-refractivity contribution in [1.29, 1.82) is 0 Å². The Morgan fingerprint density at radius 2 is 1.77 bits per heavy atom. The molecule has 4 heteroatoms. The Hall–Kier alpha value is -3.40. The Morgan fingerprint density at radius 1 is 1.00 bits per heavy atom. The second kappa shape index (κ2) is 6.84. The van der Waals surface area contributed by atoms with Crippen molar-refractivity contribution < 1.29 is 4.79 Å². The molecule has 0 radical (unpaired) electrons. The summed E-state index contributed by atoms with van der Waals surface area (Å²) >= 11 is 0. The molecule has 0 fully saturated rings. The Labute approximate surface area is 152 Å². The number of nitrogens with one attached hydrogen (secondary N) is 1. The van der Waals surface area contributed by atoms with Crippen molar-refractivity contribution in [2.45, 2.75) is 13.0 Å². The molecule has 0 aliphatic rings. The molecule has 4 aromatic rings. The minimum absolute atomic E-state index is 0.0676. The third-order valence-corrected chi connectivity index (χ3v) is 4.55. The van der Waals surface area contributed by atoms with E-state index >= 15 is 0 Å². The van der Waals surface area contributed by atoms with E-state index < -0.39 is 0 Å². The molecular formula is C22H19N3O. The Morgan fingerprint density at radius 3 is 2.50 bits per heavy atom. The molecular weight excluding hydrogens is 322 g/mol.